The van der Waals surface area contributed by atoms with Crippen molar-refractivity contribution in [3.63, 3.8) is 0 Å². The molecule has 0 atom stereocenters. The Morgan fingerprint density at radius 1 is 0.786 bits per heavy atom. The molecule has 1 saturated heterocycles. The van der Waals surface area contributed by atoms with Crippen LogP contribution >= 0.6 is 0 Å². The highest BCUT2D eigenvalue weighted by Crippen LogP contribution is 2.44. The van der Waals surface area contributed by atoms with E-state index in [1.54, 1.807) is 56.7 Å². The first-order valence-corrected chi connectivity index (χ1v) is 13.6. The first-order valence-electron chi connectivity index (χ1n) is 13.6. The van der Waals surface area contributed by atoms with Crippen molar-refractivity contribution < 1.29 is 33.0 Å². The number of carbonyl (C=O) groups is 1. The van der Waals surface area contributed by atoms with E-state index >= 15 is 0 Å². The monoisotopic (exact) mass is 573 g/mol. The molecule has 1 fully saturated rings. The summed E-state index contributed by atoms with van der Waals surface area (Å²) in [5.41, 5.74) is 4.60. The molecule has 220 valence electrons. The summed E-state index contributed by atoms with van der Waals surface area (Å²) < 4.78 is 33.5. The van der Waals surface area contributed by atoms with Crippen molar-refractivity contribution in [1.29, 1.82) is 0 Å². The third-order valence-corrected chi connectivity index (χ3v) is 7.33. The topological polar surface area (TPSA) is 95.7 Å². The van der Waals surface area contributed by atoms with Crippen LogP contribution in [0.2, 0.25) is 0 Å². The number of carbonyl (C=O) groups excluding carboxylic acids is 1. The molecule has 0 spiro atoms. The standard InChI is InChI=1S/C32H35N3O7/c1-21-6-8-22(9-7-21)20-34-12-14-35(15-13-34)32(36)41-27-16-23(10-11-26(27)37-2)25-19-33-42-30(25)24-17-28(38-3)31(40-5)29(18-24)39-4/h6-11,16-19H,12-15,20H2,1-5H3. The molecule has 1 aromatic heterocycles. The Balaban J connectivity index is 1.32. The van der Waals surface area contributed by atoms with Crippen LogP contribution in [0.5, 0.6) is 28.7 Å². The summed E-state index contributed by atoms with van der Waals surface area (Å²) in [6.45, 7) is 5.61. The van der Waals surface area contributed by atoms with E-state index in [2.05, 4.69) is 41.2 Å². The van der Waals surface area contributed by atoms with E-state index in [0.717, 1.165) is 25.2 Å². The van der Waals surface area contributed by atoms with Gasteiger partial charge in [-0.25, -0.2) is 4.79 Å². The lowest BCUT2D eigenvalue weighted by molar-refractivity contribution is 0.107. The van der Waals surface area contributed by atoms with Gasteiger partial charge in [0.15, 0.2) is 28.8 Å². The van der Waals surface area contributed by atoms with Crippen LogP contribution in [-0.2, 0) is 6.54 Å². The zero-order chi connectivity index (χ0) is 29.6. The van der Waals surface area contributed by atoms with E-state index in [1.807, 2.05) is 6.07 Å². The predicted molar refractivity (Wildman–Crippen MR) is 158 cm³/mol. The molecule has 10 nitrogen and oxygen atoms in total. The molecule has 10 heteroatoms. The zero-order valence-corrected chi connectivity index (χ0v) is 24.5. The summed E-state index contributed by atoms with van der Waals surface area (Å²) in [6, 6.07) is 17.5. The van der Waals surface area contributed by atoms with Crippen molar-refractivity contribution >= 4 is 6.09 Å². The Bertz CT molecular complexity index is 1500. The van der Waals surface area contributed by atoms with Gasteiger partial charge in [0.05, 0.1) is 34.6 Å². The molecule has 4 aromatic rings. The van der Waals surface area contributed by atoms with E-state index in [-0.39, 0.29) is 0 Å². The molecule has 0 bridgehead atoms. The van der Waals surface area contributed by atoms with E-state index in [0.29, 0.717) is 58.7 Å². The van der Waals surface area contributed by atoms with Crippen LogP contribution < -0.4 is 23.7 Å². The minimum atomic E-state index is -0.421. The van der Waals surface area contributed by atoms with Crippen LogP contribution in [0, 0.1) is 6.92 Å². The van der Waals surface area contributed by atoms with E-state index in [1.165, 1.54) is 18.2 Å². The third-order valence-electron chi connectivity index (χ3n) is 7.33. The van der Waals surface area contributed by atoms with Gasteiger partial charge < -0.3 is 33.1 Å². The van der Waals surface area contributed by atoms with Crippen molar-refractivity contribution in [3.8, 4) is 51.2 Å². The number of benzene rings is 3. The Labute approximate surface area is 245 Å². The fourth-order valence-electron chi connectivity index (χ4n) is 4.99. The van der Waals surface area contributed by atoms with Gasteiger partial charge in [0.25, 0.3) is 0 Å². The highest BCUT2D eigenvalue weighted by atomic mass is 16.6. The lowest BCUT2D eigenvalue weighted by Gasteiger charge is -2.34. The summed E-state index contributed by atoms with van der Waals surface area (Å²) >= 11 is 0. The number of piperazine rings is 1. The maximum atomic E-state index is 13.2. The number of methoxy groups -OCH3 is 4. The van der Waals surface area contributed by atoms with Crippen molar-refractivity contribution in [2.45, 2.75) is 13.5 Å². The Kier molecular flexibility index (Phi) is 8.83. The number of ether oxygens (including phenoxy) is 5. The second-order valence-electron chi connectivity index (χ2n) is 9.97. The molecule has 5 rings (SSSR count). The summed E-state index contributed by atoms with van der Waals surface area (Å²) in [6.07, 6.45) is 1.19. The van der Waals surface area contributed by atoms with Crippen LogP contribution in [0.25, 0.3) is 22.5 Å². The third kappa shape index (κ3) is 6.13. The van der Waals surface area contributed by atoms with E-state index in [9.17, 15) is 4.79 Å². The second kappa shape index (κ2) is 12.9. The van der Waals surface area contributed by atoms with Gasteiger partial charge in [-0.05, 0) is 42.3 Å². The maximum Gasteiger partial charge on any atom is 0.415 e. The smallest absolute Gasteiger partial charge is 0.415 e. The molecule has 2 heterocycles. The van der Waals surface area contributed by atoms with Gasteiger partial charge >= 0.3 is 6.09 Å². The molecule has 1 amide bonds. The number of aromatic nitrogens is 1. The highest BCUT2D eigenvalue weighted by Gasteiger charge is 2.25. The SMILES string of the molecule is COc1ccc(-c2cnoc2-c2cc(OC)c(OC)c(OC)c2)cc1OC(=O)N1CCN(Cc2ccc(C)cc2)CC1. The molecule has 0 saturated carbocycles. The van der Waals surface area contributed by atoms with E-state index < -0.39 is 6.09 Å². The molecule has 0 unspecified atom stereocenters. The van der Waals surface area contributed by atoms with Gasteiger partial charge in [0, 0.05) is 43.9 Å². The molecule has 0 radical (unpaired) electrons. The van der Waals surface area contributed by atoms with Gasteiger partial charge in [-0.15, -0.1) is 0 Å². The lowest BCUT2D eigenvalue weighted by atomic mass is 10.0. The van der Waals surface area contributed by atoms with Crippen molar-refractivity contribution in [3.05, 3.63) is 71.9 Å². The van der Waals surface area contributed by atoms with Crippen LogP contribution in [0.1, 0.15) is 11.1 Å². The average molecular weight is 574 g/mol. The molecular formula is C32H35N3O7. The van der Waals surface area contributed by atoms with Gasteiger partial charge in [-0.1, -0.05) is 41.1 Å². The molecule has 1 aliphatic heterocycles. The normalized spacial score (nSPS) is 13.5. The van der Waals surface area contributed by atoms with Gasteiger partial charge in [0.1, 0.15) is 0 Å². The second-order valence-corrected chi connectivity index (χ2v) is 9.97. The molecule has 1 aliphatic rings. The molecular weight excluding hydrogens is 538 g/mol. The first-order chi connectivity index (χ1) is 20.4. The molecule has 3 aromatic carbocycles. The summed E-state index contributed by atoms with van der Waals surface area (Å²) in [5, 5.41) is 4.04. The van der Waals surface area contributed by atoms with Crippen molar-refractivity contribution in [2.24, 2.45) is 0 Å². The van der Waals surface area contributed by atoms with Gasteiger partial charge in [0.2, 0.25) is 5.75 Å². The fraction of sp³-hybridized carbons (Fsp3) is 0.312. The minimum Gasteiger partial charge on any atom is -0.493 e. The summed E-state index contributed by atoms with van der Waals surface area (Å²) in [5.74, 6) is 2.67. The molecule has 0 aliphatic carbocycles. The van der Waals surface area contributed by atoms with Crippen LogP contribution in [0.3, 0.4) is 0 Å². The van der Waals surface area contributed by atoms with Gasteiger partial charge in [-0.3, -0.25) is 4.90 Å². The van der Waals surface area contributed by atoms with Crippen LogP contribution in [0.15, 0.2) is 65.3 Å². The number of amides is 1. The lowest BCUT2D eigenvalue weighted by Crippen LogP contribution is -2.49. The van der Waals surface area contributed by atoms with Crippen LogP contribution in [0.4, 0.5) is 4.79 Å². The fourth-order valence-corrected chi connectivity index (χ4v) is 4.99. The van der Waals surface area contributed by atoms with E-state index in [4.69, 9.17) is 28.2 Å². The maximum absolute atomic E-state index is 13.2. The first kappa shape index (κ1) is 28.8. The number of aryl methyl sites for hydroxylation is 1. The van der Waals surface area contributed by atoms with Crippen molar-refractivity contribution in [1.82, 2.24) is 15.0 Å². The highest BCUT2D eigenvalue weighted by molar-refractivity contribution is 5.83. The summed E-state index contributed by atoms with van der Waals surface area (Å²) in [4.78, 5) is 17.2. The zero-order valence-electron chi connectivity index (χ0n) is 24.5. The molecule has 42 heavy (non-hydrogen) atoms. The summed E-state index contributed by atoms with van der Waals surface area (Å²) in [7, 11) is 6.19. The number of hydrogen-bond donors (Lipinski definition) is 0. The number of hydrogen-bond acceptors (Lipinski definition) is 9. The quantitative estimate of drug-likeness (QED) is 0.251. The Morgan fingerprint density at radius 2 is 1.43 bits per heavy atom. The average Bonchev–Trinajstić information content (AvgIpc) is 3.52. The number of nitrogens with zero attached hydrogens (tertiary/aromatic N) is 3. The number of rotatable bonds is 9. The van der Waals surface area contributed by atoms with Crippen LogP contribution in [-0.4, -0.2) is 75.7 Å². The van der Waals surface area contributed by atoms with Gasteiger partial charge in [-0.2, -0.15) is 0 Å². The minimum absolute atomic E-state index is 0.305. The van der Waals surface area contributed by atoms with Crippen molar-refractivity contribution in [2.75, 3.05) is 54.6 Å². The Hall–Kier alpha value is -4.70. The predicted octanol–water partition coefficient (Wildman–Crippen LogP) is 5.67. The largest absolute Gasteiger partial charge is 0.493 e. The Morgan fingerprint density at radius 3 is 2.05 bits per heavy atom. The molecule has 0 N–H and O–H groups in total.